The molecular weight excluding hydrogens is 283 g/mol. The Kier molecular flexibility index (Phi) is 3.62. The van der Waals surface area contributed by atoms with Crippen LogP contribution in [0.4, 0.5) is 0 Å². The quantitative estimate of drug-likeness (QED) is 0.470. The van der Waals surface area contributed by atoms with Gasteiger partial charge in [0, 0.05) is 23.7 Å². The minimum absolute atomic E-state index is 0.361. The topological polar surface area (TPSA) is 0 Å². The fourth-order valence-electron chi connectivity index (χ4n) is 3.66. The second kappa shape index (κ2) is 4.72. The summed E-state index contributed by atoms with van der Waals surface area (Å²) in [6, 6.07) is 0. The van der Waals surface area contributed by atoms with E-state index in [1.54, 1.807) is 0 Å². The summed E-state index contributed by atoms with van der Waals surface area (Å²) in [5, 5.41) is 3.29. The molecule has 0 radical (unpaired) electrons. The van der Waals surface area contributed by atoms with E-state index in [0.717, 1.165) is 28.6 Å². The molecule has 3 aliphatic rings. The van der Waals surface area contributed by atoms with Crippen LogP contribution in [0.3, 0.4) is 0 Å². The van der Waals surface area contributed by atoms with Gasteiger partial charge in [-0.05, 0) is 25.7 Å². The molecule has 92 valence electrons. The van der Waals surface area contributed by atoms with Gasteiger partial charge in [-0.15, -0.1) is 34.8 Å². The van der Waals surface area contributed by atoms with E-state index in [1.807, 2.05) is 0 Å². The van der Waals surface area contributed by atoms with Crippen LogP contribution < -0.4 is 0 Å². The molecule has 0 amide bonds. The van der Waals surface area contributed by atoms with Crippen LogP contribution >= 0.6 is 34.8 Å². The summed E-state index contributed by atoms with van der Waals surface area (Å²) in [5.74, 6) is 0. The molecule has 3 fully saturated rings. The second-order valence-corrected chi connectivity index (χ2v) is 9.62. The number of alkyl halides is 3. The van der Waals surface area contributed by atoms with Crippen LogP contribution in [0.2, 0.25) is 0 Å². The van der Waals surface area contributed by atoms with Crippen LogP contribution in [0, 0.1) is 0 Å². The minimum Gasteiger partial charge on any atom is -0.118 e. The van der Waals surface area contributed by atoms with Crippen LogP contribution in [0.1, 0.15) is 38.5 Å². The normalized spacial score (nSPS) is 56.8. The Bertz CT molecular complexity index is 273. The third-order valence-corrected chi connectivity index (χ3v) is 10.2. The molecule has 0 aliphatic carbocycles. The predicted octanol–water partition coefficient (Wildman–Crippen LogP) is 3.91. The van der Waals surface area contributed by atoms with E-state index in [4.69, 9.17) is 34.8 Å². The van der Waals surface area contributed by atoms with Gasteiger partial charge < -0.3 is 0 Å². The van der Waals surface area contributed by atoms with Crippen molar-refractivity contribution in [2.75, 3.05) is 0 Å². The van der Waals surface area contributed by atoms with Crippen molar-refractivity contribution in [3.63, 3.8) is 0 Å². The van der Waals surface area contributed by atoms with Gasteiger partial charge in [-0.1, -0.05) is 0 Å². The van der Waals surface area contributed by atoms with Crippen LogP contribution in [0.15, 0.2) is 0 Å². The molecule has 3 rings (SSSR count). The molecule has 3 heterocycles. The molecule has 0 aromatic carbocycles. The van der Waals surface area contributed by atoms with Crippen molar-refractivity contribution in [2.24, 2.45) is 0 Å². The molecule has 3 saturated heterocycles. The first-order valence-electron chi connectivity index (χ1n) is 6.31. The molecule has 0 bridgehead atoms. The zero-order chi connectivity index (χ0) is 11.3. The van der Waals surface area contributed by atoms with Gasteiger partial charge in [0.15, 0.2) is 0 Å². The van der Waals surface area contributed by atoms with Crippen molar-refractivity contribution in [3.8, 4) is 0 Å². The largest absolute Gasteiger partial charge is 0.135 e. The van der Waals surface area contributed by atoms with E-state index in [2.05, 4.69) is 0 Å². The Hall–Kier alpha value is 1.22. The average Bonchev–Trinajstić information content (AvgIpc) is 2.67. The molecule has 16 heavy (non-hydrogen) atoms. The summed E-state index contributed by atoms with van der Waals surface area (Å²) in [7, 11) is 0.416. The molecular formula is C12H18Cl3S+. The van der Waals surface area contributed by atoms with Crippen molar-refractivity contribution < 1.29 is 0 Å². The molecule has 0 spiro atoms. The molecule has 7 unspecified atom stereocenters. The van der Waals surface area contributed by atoms with Crippen molar-refractivity contribution >= 4 is 45.7 Å². The van der Waals surface area contributed by atoms with Gasteiger partial charge in [0.25, 0.3) is 0 Å². The molecule has 0 aromatic rings. The van der Waals surface area contributed by atoms with Gasteiger partial charge in [0.1, 0.15) is 15.7 Å². The zero-order valence-corrected chi connectivity index (χ0v) is 12.3. The fraction of sp³-hybridized carbons (Fsp3) is 1.00. The predicted molar refractivity (Wildman–Crippen MR) is 75.4 cm³/mol. The monoisotopic (exact) mass is 299 g/mol. The highest BCUT2D eigenvalue weighted by atomic mass is 35.5. The van der Waals surface area contributed by atoms with Gasteiger partial charge in [-0.3, -0.25) is 0 Å². The lowest BCUT2D eigenvalue weighted by Gasteiger charge is -2.32. The molecule has 4 heteroatoms. The van der Waals surface area contributed by atoms with Crippen LogP contribution in [-0.4, -0.2) is 31.9 Å². The first kappa shape index (κ1) is 12.3. The summed E-state index contributed by atoms with van der Waals surface area (Å²) in [6.45, 7) is 0. The molecule has 3 aliphatic heterocycles. The van der Waals surface area contributed by atoms with Crippen LogP contribution in [0.25, 0.3) is 0 Å². The Morgan fingerprint density at radius 3 is 1.31 bits per heavy atom. The smallest absolute Gasteiger partial charge is 0.118 e. The first-order chi connectivity index (χ1) is 7.68. The van der Waals surface area contributed by atoms with Gasteiger partial charge >= 0.3 is 0 Å². The molecule has 7 atom stereocenters. The van der Waals surface area contributed by atoms with E-state index in [-0.39, 0.29) is 0 Å². The van der Waals surface area contributed by atoms with Crippen molar-refractivity contribution in [1.29, 1.82) is 0 Å². The lowest BCUT2D eigenvalue weighted by Crippen LogP contribution is -2.47. The minimum atomic E-state index is 0.361. The Morgan fingerprint density at radius 2 is 0.875 bits per heavy atom. The Balaban J connectivity index is 1.91. The highest BCUT2D eigenvalue weighted by Crippen LogP contribution is 2.49. The molecule has 0 saturated carbocycles. The number of halogens is 3. The molecule has 0 aromatic heterocycles. The average molecular weight is 301 g/mol. The SMILES string of the molecule is ClC1CCC(Cl)C2CCC3C(Cl)CCC1[S+]23. The third-order valence-electron chi connectivity index (χ3n) is 4.44. The van der Waals surface area contributed by atoms with Gasteiger partial charge in [-0.2, -0.15) is 0 Å². The van der Waals surface area contributed by atoms with Gasteiger partial charge in [-0.25, -0.2) is 0 Å². The van der Waals surface area contributed by atoms with E-state index in [9.17, 15) is 0 Å². The van der Waals surface area contributed by atoms with Crippen LogP contribution in [0.5, 0.6) is 0 Å². The van der Waals surface area contributed by atoms with E-state index < -0.39 is 0 Å². The van der Waals surface area contributed by atoms with Crippen molar-refractivity contribution in [3.05, 3.63) is 0 Å². The zero-order valence-electron chi connectivity index (χ0n) is 9.25. The van der Waals surface area contributed by atoms with Crippen molar-refractivity contribution in [2.45, 2.75) is 70.4 Å². The Morgan fingerprint density at radius 1 is 0.562 bits per heavy atom. The lowest BCUT2D eigenvalue weighted by molar-refractivity contribution is 0.548. The summed E-state index contributed by atoms with van der Waals surface area (Å²) >= 11 is 19.6. The third kappa shape index (κ3) is 1.90. The number of hydrogen-bond donors (Lipinski definition) is 0. The molecule has 0 N–H and O–H groups in total. The standard InChI is InChI=1S/C12H18Cl3S/c13-7-1-2-8(14)11-5-6-12-9(15)3-4-10(7)16(11)12/h7-12H,1-6H2/q+1. The lowest BCUT2D eigenvalue weighted by atomic mass is 10.00. The number of rotatable bonds is 0. The maximum absolute atomic E-state index is 6.57. The van der Waals surface area contributed by atoms with E-state index >= 15 is 0 Å². The maximum Gasteiger partial charge on any atom is 0.135 e. The summed E-state index contributed by atoms with van der Waals surface area (Å²) in [5.41, 5.74) is 0. The van der Waals surface area contributed by atoms with Gasteiger partial charge in [0.2, 0.25) is 0 Å². The fourth-order valence-corrected chi connectivity index (χ4v) is 9.49. The van der Waals surface area contributed by atoms with Crippen molar-refractivity contribution in [1.82, 2.24) is 0 Å². The van der Waals surface area contributed by atoms with Gasteiger partial charge in [0.05, 0.1) is 16.1 Å². The second-order valence-electron chi connectivity index (χ2n) is 5.30. The highest BCUT2D eigenvalue weighted by Gasteiger charge is 2.59. The Labute approximate surface area is 116 Å². The van der Waals surface area contributed by atoms with Crippen LogP contribution in [-0.2, 0) is 10.9 Å². The first-order valence-corrected chi connectivity index (χ1v) is 9.03. The highest BCUT2D eigenvalue weighted by molar-refractivity contribution is 7.99. The van der Waals surface area contributed by atoms with E-state index in [1.165, 1.54) is 25.7 Å². The number of hydrogen-bond acceptors (Lipinski definition) is 0. The molecule has 0 nitrogen and oxygen atoms in total. The maximum atomic E-state index is 6.57. The summed E-state index contributed by atoms with van der Waals surface area (Å²) < 4.78 is 0. The summed E-state index contributed by atoms with van der Waals surface area (Å²) in [6.07, 6.45) is 7.22. The summed E-state index contributed by atoms with van der Waals surface area (Å²) in [4.78, 5) is 0. The van der Waals surface area contributed by atoms with E-state index in [0.29, 0.717) is 27.0 Å².